The summed E-state index contributed by atoms with van der Waals surface area (Å²) < 4.78 is 5.57. The summed E-state index contributed by atoms with van der Waals surface area (Å²) in [5.74, 6) is 4.81. The number of hydrogen-bond acceptors (Lipinski definition) is 3. The number of ether oxygens (including phenoxy) is 1. The topological polar surface area (TPSA) is 35.2 Å². The van der Waals surface area contributed by atoms with E-state index in [0.717, 1.165) is 24.8 Å². The molecule has 0 aliphatic carbocycles. The van der Waals surface area contributed by atoms with Gasteiger partial charge < -0.3 is 10.5 Å². The molecule has 0 spiro atoms. The van der Waals surface area contributed by atoms with Crippen molar-refractivity contribution < 1.29 is 4.74 Å². The van der Waals surface area contributed by atoms with Gasteiger partial charge in [0.15, 0.2) is 0 Å². The van der Waals surface area contributed by atoms with Crippen molar-refractivity contribution in [2.45, 2.75) is 32.6 Å². The summed E-state index contributed by atoms with van der Waals surface area (Å²) >= 11 is 2.07. The largest absolute Gasteiger partial charge is 0.494 e. The summed E-state index contributed by atoms with van der Waals surface area (Å²) in [5, 5.41) is 0. The molecule has 0 radical (unpaired) electrons. The predicted molar refractivity (Wildman–Crippen MR) is 84.2 cm³/mol. The Morgan fingerprint density at radius 3 is 2.68 bits per heavy atom. The normalized spacial score (nSPS) is 18.3. The maximum Gasteiger partial charge on any atom is 0.119 e. The van der Waals surface area contributed by atoms with E-state index in [2.05, 4.69) is 36.9 Å². The lowest BCUT2D eigenvalue weighted by molar-refractivity contribution is 0.339. The van der Waals surface area contributed by atoms with Crippen LogP contribution in [0.4, 0.5) is 0 Å². The molecule has 0 amide bonds. The van der Waals surface area contributed by atoms with Gasteiger partial charge in [0.1, 0.15) is 5.75 Å². The van der Waals surface area contributed by atoms with Gasteiger partial charge in [-0.3, -0.25) is 0 Å². The first kappa shape index (κ1) is 14.7. The van der Waals surface area contributed by atoms with E-state index in [1.165, 1.54) is 35.5 Å². The Kier molecular flexibility index (Phi) is 5.59. The summed E-state index contributed by atoms with van der Waals surface area (Å²) in [6, 6.07) is 6.46. The third-order valence-corrected chi connectivity index (χ3v) is 5.09. The Hall–Kier alpha value is -0.670. The zero-order valence-corrected chi connectivity index (χ0v) is 12.8. The van der Waals surface area contributed by atoms with Crippen LogP contribution >= 0.6 is 11.8 Å². The minimum Gasteiger partial charge on any atom is -0.494 e. The van der Waals surface area contributed by atoms with Crippen LogP contribution in [-0.4, -0.2) is 24.7 Å². The average Bonchev–Trinajstić information content (AvgIpc) is 2.43. The summed E-state index contributed by atoms with van der Waals surface area (Å²) in [6.45, 7) is 5.67. The first-order chi connectivity index (χ1) is 9.26. The maximum absolute atomic E-state index is 6.06. The quantitative estimate of drug-likeness (QED) is 0.895. The molecule has 2 rings (SSSR count). The molecule has 0 saturated carbocycles. The molecule has 2 N–H and O–H groups in total. The van der Waals surface area contributed by atoms with Gasteiger partial charge in [-0.25, -0.2) is 0 Å². The second-order valence-corrected chi connectivity index (χ2v) is 6.47. The van der Waals surface area contributed by atoms with Crippen LogP contribution in [0.5, 0.6) is 5.75 Å². The van der Waals surface area contributed by atoms with Gasteiger partial charge in [-0.15, -0.1) is 0 Å². The van der Waals surface area contributed by atoms with E-state index in [1.54, 1.807) is 0 Å². The second-order valence-electron chi connectivity index (χ2n) is 5.24. The molecule has 1 fully saturated rings. The van der Waals surface area contributed by atoms with Crippen molar-refractivity contribution in [3.63, 3.8) is 0 Å². The number of benzene rings is 1. The van der Waals surface area contributed by atoms with Gasteiger partial charge in [-0.1, -0.05) is 6.07 Å². The molecular formula is C16H25NOS. The van der Waals surface area contributed by atoms with Crippen LogP contribution in [0.1, 0.15) is 36.8 Å². The second kappa shape index (κ2) is 7.20. The Bertz CT molecular complexity index is 402. The fourth-order valence-electron chi connectivity index (χ4n) is 3.01. The molecule has 1 aromatic rings. The van der Waals surface area contributed by atoms with Gasteiger partial charge in [0.2, 0.25) is 0 Å². The molecule has 1 saturated heterocycles. The molecule has 1 atom stereocenters. The van der Waals surface area contributed by atoms with Crippen molar-refractivity contribution in [2.75, 3.05) is 24.7 Å². The zero-order chi connectivity index (χ0) is 13.7. The lowest BCUT2D eigenvalue weighted by atomic mass is 9.80. The SMILES string of the molecule is CCOc1ccc(C(CN)C2CCSCC2)c(C)c1. The highest BCUT2D eigenvalue weighted by atomic mass is 32.2. The van der Waals surface area contributed by atoms with Gasteiger partial charge in [0.25, 0.3) is 0 Å². The van der Waals surface area contributed by atoms with E-state index < -0.39 is 0 Å². The monoisotopic (exact) mass is 279 g/mol. The molecule has 1 aromatic carbocycles. The van der Waals surface area contributed by atoms with E-state index in [0.29, 0.717) is 5.92 Å². The first-order valence-electron chi connectivity index (χ1n) is 7.27. The highest BCUT2D eigenvalue weighted by molar-refractivity contribution is 7.99. The van der Waals surface area contributed by atoms with Crippen LogP contribution in [0.15, 0.2) is 18.2 Å². The van der Waals surface area contributed by atoms with Crippen molar-refractivity contribution in [3.05, 3.63) is 29.3 Å². The van der Waals surface area contributed by atoms with Crippen molar-refractivity contribution in [3.8, 4) is 5.75 Å². The van der Waals surface area contributed by atoms with Crippen molar-refractivity contribution in [2.24, 2.45) is 11.7 Å². The molecule has 2 nitrogen and oxygen atoms in total. The van der Waals surface area contributed by atoms with Crippen molar-refractivity contribution >= 4 is 11.8 Å². The highest BCUT2D eigenvalue weighted by Gasteiger charge is 2.25. The van der Waals surface area contributed by atoms with E-state index in [4.69, 9.17) is 10.5 Å². The molecule has 19 heavy (non-hydrogen) atoms. The van der Waals surface area contributed by atoms with E-state index in [9.17, 15) is 0 Å². The fraction of sp³-hybridized carbons (Fsp3) is 0.625. The van der Waals surface area contributed by atoms with Gasteiger partial charge in [0, 0.05) is 0 Å². The average molecular weight is 279 g/mol. The Morgan fingerprint density at radius 1 is 1.37 bits per heavy atom. The molecule has 1 heterocycles. The fourth-order valence-corrected chi connectivity index (χ4v) is 4.16. The minimum absolute atomic E-state index is 0.511. The molecule has 1 aliphatic heterocycles. The Labute approximate surface area is 121 Å². The Balaban J connectivity index is 2.17. The van der Waals surface area contributed by atoms with Gasteiger partial charge in [-0.05, 0) is 79.8 Å². The summed E-state index contributed by atoms with van der Waals surface area (Å²) in [5.41, 5.74) is 8.80. The number of rotatable bonds is 5. The number of hydrogen-bond donors (Lipinski definition) is 1. The van der Waals surface area contributed by atoms with E-state index >= 15 is 0 Å². The van der Waals surface area contributed by atoms with Crippen molar-refractivity contribution in [1.82, 2.24) is 0 Å². The molecule has 106 valence electrons. The van der Waals surface area contributed by atoms with Crippen LogP contribution in [0.25, 0.3) is 0 Å². The molecule has 1 aliphatic rings. The minimum atomic E-state index is 0.511. The summed E-state index contributed by atoms with van der Waals surface area (Å²) in [7, 11) is 0. The highest BCUT2D eigenvalue weighted by Crippen LogP contribution is 2.36. The molecule has 1 unspecified atom stereocenters. The summed E-state index contributed by atoms with van der Waals surface area (Å²) in [6.07, 6.45) is 2.61. The maximum atomic E-state index is 6.06. The predicted octanol–water partition coefficient (Wildman–Crippen LogP) is 3.58. The number of nitrogens with two attached hydrogens (primary N) is 1. The lowest BCUT2D eigenvalue weighted by Crippen LogP contribution is -2.25. The van der Waals surface area contributed by atoms with Crippen LogP contribution < -0.4 is 10.5 Å². The molecule has 0 aromatic heterocycles. The lowest BCUT2D eigenvalue weighted by Gasteiger charge is -2.30. The number of aryl methyl sites for hydroxylation is 1. The van der Waals surface area contributed by atoms with Crippen LogP contribution in [-0.2, 0) is 0 Å². The smallest absolute Gasteiger partial charge is 0.119 e. The van der Waals surface area contributed by atoms with Crippen LogP contribution in [0.3, 0.4) is 0 Å². The zero-order valence-electron chi connectivity index (χ0n) is 12.0. The van der Waals surface area contributed by atoms with E-state index in [1.807, 2.05) is 6.92 Å². The van der Waals surface area contributed by atoms with Gasteiger partial charge >= 0.3 is 0 Å². The van der Waals surface area contributed by atoms with Gasteiger partial charge in [-0.2, -0.15) is 11.8 Å². The Morgan fingerprint density at radius 2 is 2.11 bits per heavy atom. The summed E-state index contributed by atoms with van der Waals surface area (Å²) in [4.78, 5) is 0. The number of thioether (sulfide) groups is 1. The van der Waals surface area contributed by atoms with Crippen LogP contribution in [0.2, 0.25) is 0 Å². The van der Waals surface area contributed by atoms with Gasteiger partial charge in [0.05, 0.1) is 6.61 Å². The van der Waals surface area contributed by atoms with E-state index in [-0.39, 0.29) is 0 Å². The van der Waals surface area contributed by atoms with Crippen molar-refractivity contribution in [1.29, 1.82) is 0 Å². The first-order valence-corrected chi connectivity index (χ1v) is 8.42. The standard InChI is InChI=1S/C16H25NOS/c1-3-18-14-4-5-15(12(2)10-14)16(11-17)13-6-8-19-9-7-13/h4-5,10,13,16H,3,6-9,11,17H2,1-2H3. The third-order valence-electron chi connectivity index (χ3n) is 4.04. The molecular weight excluding hydrogens is 254 g/mol. The van der Waals surface area contributed by atoms with Crippen LogP contribution in [0, 0.1) is 12.8 Å². The molecule has 0 bridgehead atoms. The molecule has 3 heteroatoms. The third kappa shape index (κ3) is 3.67.